The lowest BCUT2D eigenvalue weighted by Gasteiger charge is -1.98. The number of rotatable bonds is 1. The molecule has 0 saturated carbocycles. The Kier molecular flexibility index (Phi) is 2.09. The number of hydrogen-bond donors (Lipinski definition) is 2. The van der Waals surface area contributed by atoms with Gasteiger partial charge in [0.1, 0.15) is 0 Å². The largest absolute Gasteiger partial charge is 0.505 e. The first-order valence-corrected chi connectivity index (χ1v) is 4.74. The molecule has 0 aliphatic rings. The van der Waals surface area contributed by atoms with Crippen LogP contribution in [0.2, 0.25) is 0 Å². The van der Waals surface area contributed by atoms with Gasteiger partial charge in [-0.05, 0) is 18.2 Å². The fourth-order valence-electron chi connectivity index (χ4n) is 1.09. The van der Waals surface area contributed by atoms with Crippen molar-refractivity contribution >= 4 is 16.5 Å². The fourth-order valence-corrected chi connectivity index (χ4v) is 1.66. The molecule has 0 unspecified atom stereocenters. The zero-order valence-electron chi connectivity index (χ0n) is 7.07. The van der Waals surface area contributed by atoms with Crippen molar-refractivity contribution in [1.29, 1.82) is 0 Å². The molecule has 0 aliphatic heterocycles. The summed E-state index contributed by atoms with van der Waals surface area (Å²) in [5.41, 5.74) is 6.67. The number of benzene rings is 1. The Labute approximate surface area is 83.6 Å². The summed E-state index contributed by atoms with van der Waals surface area (Å²) in [4.78, 5) is 4.00. The zero-order chi connectivity index (χ0) is 10.1. The predicted octanol–water partition coefficient (Wildman–Crippen LogP) is 2.24. The van der Waals surface area contributed by atoms with E-state index in [4.69, 9.17) is 10.8 Å². The lowest BCUT2D eigenvalue weighted by molar-refractivity contribution is 0.432. The number of nitrogens with two attached hydrogens (primary N) is 1. The maximum absolute atomic E-state index is 13.0. The maximum Gasteiger partial charge on any atom is 0.180 e. The molecule has 0 atom stereocenters. The van der Waals surface area contributed by atoms with Crippen LogP contribution in [0.5, 0.6) is 5.75 Å². The summed E-state index contributed by atoms with van der Waals surface area (Å²) in [6.07, 6.45) is 0. The van der Waals surface area contributed by atoms with Crippen LogP contribution in [0.3, 0.4) is 0 Å². The fraction of sp³-hybridized carbons (Fsp3) is 0. The normalized spacial score (nSPS) is 10.4. The van der Waals surface area contributed by atoms with Crippen molar-refractivity contribution in [2.75, 3.05) is 5.73 Å². The number of aromatic nitrogens is 1. The monoisotopic (exact) mass is 210 g/mol. The summed E-state index contributed by atoms with van der Waals surface area (Å²) in [5.74, 6) is -1.02. The van der Waals surface area contributed by atoms with Gasteiger partial charge in [-0.1, -0.05) is 0 Å². The Hall–Kier alpha value is -1.62. The van der Waals surface area contributed by atoms with Crippen molar-refractivity contribution in [3.05, 3.63) is 29.4 Å². The Bertz CT molecular complexity index is 470. The number of nitrogens with zero attached hydrogens (tertiary/aromatic N) is 1. The molecule has 1 aromatic carbocycles. The van der Waals surface area contributed by atoms with Crippen LogP contribution in [0.25, 0.3) is 11.3 Å². The summed E-state index contributed by atoms with van der Waals surface area (Å²) >= 11 is 1.29. The molecule has 0 aliphatic carbocycles. The van der Waals surface area contributed by atoms with E-state index in [1.54, 1.807) is 11.4 Å². The average molecular weight is 210 g/mol. The molecule has 72 valence electrons. The van der Waals surface area contributed by atoms with E-state index < -0.39 is 5.82 Å². The van der Waals surface area contributed by atoms with Gasteiger partial charge in [0.2, 0.25) is 0 Å². The molecule has 2 rings (SSSR count). The quantitative estimate of drug-likeness (QED) is 0.758. The first-order chi connectivity index (χ1) is 6.66. The lowest BCUT2D eigenvalue weighted by atomic mass is 10.1. The number of hydrogen-bond acceptors (Lipinski definition) is 4. The van der Waals surface area contributed by atoms with E-state index in [0.717, 1.165) is 0 Å². The molecule has 3 nitrogen and oxygen atoms in total. The molecule has 0 radical (unpaired) electrons. The van der Waals surface area contributed by atoms with Crippen LogP contribution < -0.4 is 5.73 Å². The van der Waals surface area contributed by atoms with Crippen LogP contribution in [-0.4, -0.2) is 10.1 Å². The standard InChI is InChI=1S/C9H7FN2OS/c10-6-3-5(1-2-8(6)13)7-4-14-9(11)12-7/h1-4,13H,(H2,11,12). The van der Waals surface area contributed by atoms with E-state index in [9.17, 15) is 4.39 Å². The van der Waals surface area contributed by atoms with Crippen molar-refractivity contribution < 1.29 is 9.50 Å². The van der Waals surface area contributed by atoms with Gasteiger partial charge < -0.3 is 10.8 Å². The van der Waals surface area contributed by atoms with Crippen LogP contribution >= 0.6 is 11.3 Å². The smallest absolute Gasteiger partial charge is 0.180 e. The second-order valence-corrected chi connectivity index (χ2v) is 3.63. The van der Waals surface area contributed by atoms with Crippen molar-refractivity contribution in [3.8, 4) is 17.0 Å². The maximum atomic E-state index is 13.0. The third-order valence-electron chi connectivity index (χ3n) is 1.77. The van der Waals surface area contributed by atoms with Crippen molar-refractivity contribution in [2.45, 2.75) is 0 Å². The Morgan fingerprint density at radius 1 is 1.43 bits per heavy atom. The number of nitrogen functional groups attached to an aromatic ring is 1. The summed E-state index contributed by atoms with van der Waals surface area (Å²) < 4.78 is 13.0. The highest BCUT2D eigenvalue weighted by Crippen LogP contribution is 2.26. The minimum absolute atomic E-state index is 0.364. The number of phenolic OH excluding ortho intramolecular Hbond substituents is 1. The second-order valence-electron chi connectivity index (χ2n) is 2.74. The molecule has 1 aromatic heterocycles. The van der Waals surface area contributed by atoms with Gasteiger partial charge in [0.25, 0.3) is 0 Å². The zero-order valence-corrected chi connectivity index (χ0v) is 7.88. The Balaban J connectivity index is 2.47. The van der Waals surface area contributed by atoms with Crippen LogP contribution in [-0.2, 0) is 0 Å². The first-order valence-electron chi connectivity index (χ1n) is 3.87. The lowest BCUT2D eigenvalue weighted by Crippen LogP contribution is -1.84. The van der Waals surface area contributed by atoms with E-state index in [1.807, 2.05) is 0 Å². The van der Waals surface area contributed by atoms with Crippen LogP contribution in [0, 0.1) is 5.82 Å². The molecule has 0 bridgehead atoms. The topological polar surface area (TPSA) is 59.1 Å². The van der Waals surface area contributed by atoms with Crippen molar-refractivity contribution in [3.63, 3.8) is 0 Å². The molecule has 1 heterocycles. The van der Waals surface area contributed by atoms with Gasteiger partial charge in [-0.2, -0.15) is 0 Å². The molecule has 0 saturated heterocycles. The van der Waals surface area contributed by atoms with Crippen LogP contribution in [0.1, 0.15) is 0 Å². The third-order valence-corrected chi connectivity index (χ3v) is 2.44. The van der Waals surface area contributed by atoms with Gasteiger partial charge >= 0.3 is 0 Å². The summed E-state index contributed by atoms with van der Waals surface area (Å²) in [7, 11) is 0. The Morgan fingerprint density at radius 3 is 2.79 bits per heavy atom. The number of thiazole rings is 1. The number of anilines is 1. The first kappa shape index (κ1) is 8.96. The minimum atomic E-state index is -0.658. The molecule has 14 heavy (non-hydrogen) atoms. The van der Waals surface area contributed by atoms with Gasteiger partial charge in [0, 0.05) is 10.9 Å². The van der Waals surface area contributed by atoms with E-state index in [0.29, 0.717) is 16.4 Å². The number of phenols is 1. The molecule has 0 amide bonds. The summed E-state index contributed by atoms with van der Waals surface area (Å²) in [6.45, 7) is 0. The van der Waals surface area contributed by atoms with Gasteiger partial charge in [-0.3, -0.25) is 0 Å². The second kappa shape index (κ2) is 3.26. The molecule has 5 heteroatoms. The molecular weight excluding hydrogens is 203 g/mol. The highest BCUT2D eigenvalue weighted by molar-refractivity contribution is 7.13. The molecule has 0 fully saturated rings. The van der Waals surface area contributed by atoms with Gasteiger partial charge in [-0.15, -0.1) is 11.3 Å². The molecule has 3 N–H and O–H groups in total. The highest BCUT2D eigenvalue weighted by Gasteiger charge is 2.06. The van der Waals surface area contributed by atoms with Crippen LogP contribution in [0.15, 0.2) is 23.6 Å². The third kappa shape index (κ3) is 1.54. The van der Waals surface area contributed by atoms with Crippen molar-refractivity contribution in [2.24, 2.45) is 0 Å². The van der Waals surface area contributed by atoms with E-state index >= 15 is 0 Å². The van der Waals surface area contributed by atoms with Gasteiger partial charge in [0.15, 0.2) is 16.7 Å². The van der Waals surface area contributed by atoms with Gasteiger partial charge in [0.05, 0.1) is 5.69 Å². The van der Waals surface area contributed by atoms with E-state index in [1.165, 1.54) is 23.5 Å². The van der Waals surface area contributed by atoms with Gasteiger partial charge in [-0.25, -0.2) is 9.37 Å². The SMILES string of the molecule is Nc1nc(-c2ccc(O)c(F)c2)cs1. The van der Waals surface area contributed by atoms with E-state index in [2.05, 4.69) is 4.98 Å². The number of halogens is 1. The Morgan fingerprint density at radius 2 is 2.21 bits per heavy atom. The van der Waals surface area contributed by atoms with Crippen molar-refractivity contribution in [1.82, 2.24) is 4.98 Å². The minimum Gasteiger partial charge on any atom is -0.505 e. The van der Waals surface area contributed by atoms with Crippen LogP contribution in [0.4, 0.5) is 9.52 Å². The predicted molar refractivity (Wildman–Crippen MR) is 53.6 cm³/mol. The van der Waals surface area contributed by atoms with E-state index in [-0.39, 0.29) is 5.75 Å². The molecular formula is C9H7FN2OS. The summed E-state index contributed by atoms with van der Waals surface area (Å²) in [5, 5.41) is 11.2. The molecule has 2 aromatic rings. The average Bonchev–Trinajstić information content (AvgIpc) is 2.57. The molecule has 0 spiro atoms. The highest BCUT2D eigenvalue weighted by atomic mass is 32.1. The number of aromatic hydroxyl groups is 1. The summed E-state index contributed by atoms with van der Waals surface area (Å²) in [6, 6.07) is 4.11.